The van der Waals surface area contributed by atoms with Crippen molar-refractivity contribution >= 4 is 37.5 Å². The summed E-state index contributed by atoms with van der Waals surface area (Å²) < 4.78 is 37.4. The van der Waals surface area contributed by atoms with Crippen LogP contribution in [0.15, 0.2) is 47.6 Å². The average molecular weight is 1030 g/mol. The van der Waals surface area contributed by atoms with E-state index in [2.05, 4.69) is 33.8 Å². The maximum atomic E-state index is 14.6. The summed E-state index contributed by atoms with van der Waals surface area (Å²) in [5.41, 5.74) is 1.33. The molecule has 0 spiro atoms. The Hall–Kier alpha value is -3.15. The molecule has 15 heteroatoms. The normalized spacial score (nSPS) is 36.3. The fourth-order valence-electron chi connectivity index (χ4n) is 11.6. The largest absolute Gasteiger partial charge is 0.460 e. The molecule has 408 valence electrons. The van der Waals surface area contributed by atoms with Crippen LogP contribution in [-0.4, -0.2) is 135 Å². The second kappa shape index (κ2) is 28.7. The lowest BCUT2D eigenvalue weighted by atomic mass is 9.78. The number of allylic oxidation sites excluding steroid dienone is 6. The number of cyclic esters (lactones) is 1. The Labute approximate surface area is 433 Å². The summed E-state index contributed by atoms with van der Waals surface area (Å²) in [7, 11) is 2.40. The molecule has 4 rings (SSSR count). The van der Waals surface area contributed by atoms with E-state index in [0.29, 0.717) is 63.4 Å². The number of ketones is 3. The third kappa shape index (κ3) is 15.9. The summed E-state index contributed by atoms with van der Waals surface area (Å²) in [5.74, 6) is -7.20. The Bertz CT molecular complexity index is 1920. The minimum atomic E-state index is -2.43. The fraction of sp³-hybridized carbons (Fsp3) is 0.772. The zero-order valence-electron chi connectivity index (χ0n) is 46.2. The smallest absolute Gasteiger partial charge is 0.329 e. The van der Waals surface area contributed by atoms with Gasteiger partial charge in [0.05, 0.1) is 30.5 Å². The number of hydrogen-bond donors (Lipinski definition) is 2. The summed E-state index contributed by atoms with van der Waals surface area (Å²) in [4.78, 5) is 73.7. The first kappa shape index (κ1) is 61.4. The summed E-state index contributed by atoms with van der Waals surface area (Å²) in [5, 5.41) is 22.6. The minimum absolute atomic E-state index is 0.0552. The molecule has 0 radical (unpaired) electrons. The second-order valence-electron chi connectivity index (χ2n) is 21.9. The molecule has 2 bridgehead atoms. The van der Waals surface area contributed by atoms with Gasteiger partial charge in [0, 0.05) is 58.5 Å². The van der Waals surface area contributed by atoms with Gasteiger partial charge in [-0.2, -0.15) is 0 Å². The van der Waals surface area contributed by atoms with E-state index in [9.17, 15) is 34.2 Å². The molecule has 4 aliphatic rings. The maximum absolute atomic E-state index is 14.6. The lowest BCUT2D eigenvalue weighted by Gasteiger charge is -2.42. The van der Waals surface area contributed by atoms with Crippen molar-refractivity contribution in [2.24, 2.45) is 35.5 Å². The molecule has 0 aromatic carbocycles. The molecule has 72 heavy (non-hydrogen) atoms. The molecule has 1 amide bonds. The van der Waals surface area contributed by atoms with E-state index in [1.807, 2.05) is 58.1 Å². The van der Waals surface area contributed by atoms with E-state index in [-0.39, 0.29) is 60.7 Å². The molecule has 1 saturated carbocycles. The Morgan fingerprint density at radius 3 is 2.18 bits per heavy atom. The Kier molecular flexibility index (Phi) is 24.4. The van der Waals surface area contributed by atoms with E-state index < -0.39 is 86.3 Å². The Morgan fingerprint density at radius 2 is 1.54 bits per heavy atom. The molecule has 3 fully saturated rings. The van der Waals surface area contributed by atoms with E-state index in [1.165, 1.54) is 4.90 Å². The number of ether oxygens (including phenoxy) is 5. The predicted octanol–water partition coefficient (Wildman–Crippen LogP) is 9.21. The van der Waals surface area contributed by atoms with Crippen molar-refractivity contribution in [3.05, 3.63) is 47.6 Å². The van der Waals surface area contributed by atoms with Crippen LogP contribution < -0.4 is 0 Å². The van der Waals surface area contributed by atoms with Crippen LogP contribution >= 0.6 is 0 Å². The quantitative estimate of drug-likeness (QED) is 0.114. The highest BCUT2D eigenvalue weighted by Gasteiger charge is 2.53. The zero-order chi connectivity index (χ0) is 53.5. The maximum Gasteiger partial charge on any atom is 0.329 e. The Balaban J connectivity index is 1.80. The van der Waals surface area contributed by atoms with Gasteiger partial charge in [-0.1, -0.05) is 91.8 Å². The molecule has 14 nitrogen and oxygen atoms in total. The van der Waals surface area contributed by atoms with Gasteiger partial charge in [-0.25, -0.2) is 4.79 Å². The van der Waals surface area contributed by atoms with Crippen LogP contribution in [0.3, 0.4) is 0 Å². The van der Waals surface area contributed by atoms with Gasteiger partial charge in [0.25, 0.3) is 11.7 Å². The second-order valence-corrected chi connectivity index (χ2v) is 26.7. The average Bonchev–Trinajstić information content (AvgIpc) is 3.37. The molecule has 3 heterocycles. The first-order chi connectivity index (χ1) is 34.1. The third-order valence-corrected chi connectivity index (χ3v) is 21.4. The number of nitrogens with zero attached hydrogens (tertiary/aromatic N) is 1. The molecule has 0 aromatic heterocycles. The SMILES string of the molecule is CC[Si](CC)(CC)O[C@@H]1C(C)/C=C(\C)C(=O)C[C@@H]([C@H](C)C[C@@H]2CC[C@@H](O)[C@H](OC)C2)OC(=O)[C@@H]2CCCCN2C(=O)C(=O)[C@]2(O)O[C@@H](CC[C@H]2C)C[C@H](OC)C(C)=CC=CC=C[C@@H](C)C[C@@H](C)C(=O)[C@@H]1OC. The van der Waals surface area contributed by atoms with Gasteiger partial charge in [0.2, 0.25) is 5.79 Å². The first-order valence-corrected chi connectivity index (χ1v) is 29.8. The summed E-state index contributed by atoms with van der Waals surface area (Å²) in [6.45, 7) is 19.8. The molecule has 15 atom stereocenters. The number of Topliss-reactive ketones (excluding diaryl/α,β-unsaturated/α-hetero) is 3. The molecular formula is C57H93NO13Si. The molecule has 2 saturated heterocycles. The van der Waals surface area contributed by atoms with E-state index in [4.69, 9.17) is 28.1 Å². The summed E-state index contributed by atoms with van der Waals surface area (Å²) in [6.07, 6.45) is 12.8. The molecule has 0 aromatic rings. The molecule has 3 aliphatic heterocycles. The molecular weight excluding hydrogens is 935 g/mol. The number of carbonyl (C=O) groups is 5. The van der Waals surface area contributed by atoms with Crippen LogP contribution in [0.1, 0.15) is 146 Å². The number of amides is 1. The number of hydrogen-bond acceptors (Lipinski definition) is 13. The van der Waals surface area contributed by atoms with Crippen LogP contribution in [-0.2, 0) is 52.1 Å². The number of piperidine rings is 1. The highest BCUT2D eigenvalue weighted by atomic mass is 28.4. The van der Waals surface area contributed by atoms with Crippen LogP contribution in [0.25, 0.3) is 0 Å². The number of aliphatic hydroxyl groups is 2. The van der Waals surface area contributed by atoms with Crippen LogP contribution in [0.5, 0.6) is 0 Å². The number of esters is 1. The van der Waals surface area contributed by atoms with Crippen molar-refractivity contribution in [2.45, 2.75) is 219 Å². The van der Waals surface area contributed by atoms with Crippen molar-refractivity contribution in [1.29, 1.82) is 0 Å². The lowest BCUT2D eigenvalue weighted by Crippen LogP contribution is -2.61. The van der Waals surface area contributed by atoms with Gasteiger partial charge in [-0.05, 0) is 125 Å². The molecule has 2 N–H and O–H groups in total. The summed E-state index contributed by atoms with van der Waals surface area (Å²) >= 11 is 0. The van der Waals surface area contributed by atoms with Crippen LogP contribution in [0.2, 0.25) is 18.1 Å². The number of aliphatic hydroxyl groups excluding tert-OH is 1. The van der Waals surface area contributed by atoms with Gasteiger partial charge < -0.3 is 43.2 Å². The Morgan fingerprint density at radius 1 is 0.847 bits per heavy atom. The molecule has 1 aliphatic carbocycles. The van der Waals surface area contributed by atoms with E-state index in [0.717, 1.165) is 30.1 Å². The fourth-order valence-corrected chi connectivity index (χ4v) is 14.5. The van der Waals surface area contributed by atoms with Crippen molar-refractivity contribution in [3.63, 3.8) is 0 Å². The van der Waals surface area contributed by atoms with E-state index in [1.54, 1.807) is 35.2 Å². The topological polar surface area (TPSA) is 184 Å². The van der Waals surface area contributed by atoms with E-state index >= 15 is 0 Å². The minimum Gasteiger partial charge on any atom is -0.460 e. The van der Waals surface area contributed by atoms with Crippen LogP contribution in [0, 0.1) is 35.5 Å². The monoisotopic (exact) mass is 1030 g/mol. The van der Waals surface area contributed by atoms with Gasteiger partial charge in [-0.3, -0.25) is 19.2 Å². The van der Waals surface area contributed by atoms with Gasteiger partial charge >= 0.3 is 5.97 Å². The van der Waals surface area contributed by atoms with Crippen molar-refractivity contribution in [1.82, 2.24) is 4.90 Å². The number of carbonyl (C=O) groups excluding carboxylic acids is 5. The van der Waals surface area contributed by atoms with Gasteiger partial charge in [0.1, 0.15) is 18.2 Å². The standard InChI is InChI=1S/C57H93NO13Si/c1-14-72(15-2,16-3)71-52-41(9)31-38(6)47(60)35-49(39(7)32-43-26-28-46(59)50(33-43)67-12)69-56(64)45-24-20-21-29-58(45)55(63)54(62)57(65)42(10)25-27-44(70-57)34-48(66-11)37(5)23-19-17-18-22-36(4)30-40(8)51(61)53(52)68-13/h17-19,22-23,31,36,39-46,48-50,52-53,59,65H,14-16,20-21,24-30,32-35H2,1-13H3/b19-17?,22-18?,37-23?,38-31+/t36-,39-,40-,41?,42-,43+,44+,45+,46-,48+,49+,50-,52-,53+,57-/m1/s1. The predicted molar refractivity (Wildman–Crippen MR) is 281 cm³/mol. The van der Waals surface area contributed by atoms with Gasteiger partial charge in [0.15, 0.2) is 19.9 Å². The van der Waals surface area contributed by atoms with Crippen molar-refractivity contribution in [3.8, 4) is 0 Å². The molecule has 1 unspecified atom stereocenters. The van der Waals surface area contributed by atoms with Crippen LogP contribution in [0.4, 0.5) is 0 Å². The highest BCUT2D eigenvalue weighted by Crippen LogP contribution is 2.38. The summed E-state index contributed by atoms with van der Waals surface area (Å²) in [6, 6.07) is 1.42. The zero-order valence-corrected chi connectivity index (χ0v) is 47.2. The highest BCUT2D eigenvalue weighted by molar-refractivity contribution is 6.73. The number of methoxy groups -OCH3 is 3. The number of fused-ring (bicyclic) bond motifs is 3. The lowest BCUT2D eigenvalue weighted by molar-refractivity contribution is -0.265. The van der Waals surface area contributed by atoms with Crippen molar-refractivity contribution < 1.29 is 62.3 Å². The third-order valence-electron chi connectivity index (χ3n) is 16.8. The van der Waals surface area contributed by atoms with Gasteiger partial charge in [-0.15, -0.1) is 0 Å². The number of rotatable bonds is 11. The van der Waals surface area contributed by atoms with Crippen molar-refractivity contribution in [2.75, 3.05) is 27.9 Å². The first-order valence-electron chi connectivity index (χ1n) is 27.3.